The Bertz CT molecular complexity index is 357. The van der Waals surface area contributed by atoms with Crippen LogP contribution in [0.1, 0.15) is 48.5 Å². The van der Waals surface area contributed by atoms with Gasteiger partial charge in [-0.3, -0.25) is 11.3 Å². The summed E-state index contributed by atoms with van der Waals surface area (Å²) in [6.45, 7) is 0. The molecule has 2 nitrogen and oxygen atoms in total. The lowest BCUT2D eigenvalue weighted by molar-refractivity contribution is 0.366. The molecule has 0 amide bonds. The van der Waals surface area contributed by atoms with Crippen LogP contribution < -0.4 is 11.3 Å². The van der Waals surface area contributed by atoms with E-state index in [-0.39, 0.29) is 0 Å². The molecule has 2 unspecified atom stereocenters. The minimum atomic E-state index is 0.501. The van der Waals surface area contributed by atoms with E-state index < -0.39 is 0 Å². The summed E-state index contributed by atoms with van der Waals surface area (Å²) in [7, 11) is 0. The third-order valence-corrected chi connectivity index (χ3v) is 5.08. The number of rotatable bonds is 4. The van der Waals surface area contributed by atoms with E-state index in [2.05, 4.69) is 16.9 Å². The third-order valence-electron chi connectivity index (χ3n) is 4.08. The Morgan fingerprint density at radius 2 is 2.31 bits per heavy atom. The summed E-state index contributed by atoms with van der Waals surface area (Å²) < 4.78 is 0. The van der Waals surface area contributed by atoms with E-state index in [1.165, 1.54) is 38.5 Å². The Hall–Kier alpha value is -0.380. The highest BCUT2D eigenvalue weighted by Gasteiger charge is 2.32. The van der Waals surface area contributed by atoms with Crippen LogP contribution in [0.3, 0.4) is 0 Å². The van der Waals surface area contributed by atoms with E-state index in [9.17, 15) is 0 Å². The summed E-state index contributed by atoms with van der Waals surface area (Å²) in [4.78, 5) is 1.60. The van der Waals surface area contributed by atoms with Crippen LogP contribution in [0.25, 0.3) is 0 Å². The Morgan fingerprint density at radius 3 is 3.06 bits per heavy atom. The van der Waals surface area contributed by atoms with Crippen molar-refractivity contribution in [2.75, 3.05) is 0 Å². The van der Waals surface area contributed by atoms with Crippen molar-refractivity contribution in [2.24, 2.45) is 11.8 Å². The first-order valence-corrected chi connectivity index (χ1v) is 7.29. The Morgan fingerprint density at radius 1 is 1.44 bits per heavy atom. The Balaban J connectivity index is 1.78. The molecule has 0 aromatic carbocycles. The normalized spacial score (nSPS) is 26.4. The van der Waals surface area contributed by atoms with E-state index in [0.29, 0.717) is 12.0 Å². The fraction of sp³-hybridized carbons (Fsp3) is 0.692. The van der Waals surface area contributed by atoms with Gasteiger partial charge < -0.3 is 0 Å². The number of aryl methyl sites for hydroxylation is 1. The van der Waals surface area contributed by atoms with E-state index >= 15 is 0 Å². The maximum atomic E-state index is 5.76. The molecule has 3 rings (SSSR count). The molecule has 88 valence electrons. The molecule has 0 radical (unpaired) electrons. The molecular formula is C13H20N2S. The molecule has 1 aromatic rings. The summed E-state index contributed by atoms with van der Waals surface area (Å²) in [5, 5.41) is 2.24. The smallest absolute Gasteiger partial charge is 0.0282 e. The fourth-order valence-electron chi connectivity index (χ4n) is 3.00. The number of thiophene rings is 1. The van der Waals surface area contributed by atoms with Gasteiger partial charge in [-0.2, -0.15) is 0 Å². The molecule has 1 heterocycles. The topological polar surface area (TPSA) is 38.0 Å². The highest BCUT2D eigenvalue weighted by molar-refractivity contribution is 7.10. The zero-order valence-corrected chi connectivity index (χ0v) is 10.4. The second kappa shape index (κ2) is 4.47. The summed E-state index contributed by atoms with van der Waals surface area (Å²) in [6.07, 6.45) is 8.04. The second-order valence-corrected chi connectivity index (χ2v) is 6.25. The predicted octanol–water partition coefficient (Wildman–Crippen LogP) is 2.80. The summed E-state index contributed by atoms with van der Waals surface area (Å²) in [6, 6.07) is 2.82. The zero-order valence-electron chi connectivity index (χ0n) is 9.61. The first-order valence-electron chi connectivity index (χ1n) is 6.41. The molecule has 3 heteroatoms. The van der Waals surface area contributed by atoms with E-state index in [1.807, 2.05) is 11.3 Å². The van der Waals surface area contributed by atoms with Crippen LogP contribution in [0, 0.1) is 5.92 Å². The van der Waals surface area contributed by atoms with E-state index in [0.717, 1.165) is 5.92 Å². The molecule has 1 aromatic heterocycles. The molecule has 2 aliphatic rings. The highest BCUT2D eigenvalue weighted by atomic mass is 32.1. The van der Waals surface area contributed by atoms with Gasteiger partial charge in [-0.15, -0.1) is 11.3 Å². The van der Waals surface area contributed by atoms with Gasteiger partial charge in [0, 0.05) is 16.8 Å². The standard InChI is InChI=1S/C13H20N2S/c14-15-12(8-9-4-5-9)10-2-1-3-13-11(10)6-7-16-13/h6-7,9-10,12,15H,1-5,8,14H2. The summed E-state index contributed by atoms with van der Waals surface area (Å²) in [5.41, 5.74) is 4.66. The van der Waals surface area contributed by atoms with Crippen molar-refractivity contribution in [1.82, 2.24) is 5.43 Å². The van der Waals surface area contributed by atoms with Gasteiger partial charge in [0.05, 0.1) is 0 Å². The first-order chi connectivity index (χ1) is 7.88. The maximum absolute atomic E-state index is 5.76. The van der Waals surface area contributed by atoms with Gasteiger partial charge in [0.15, 0.2) is 0 Å². The van der Waals surface area contributed by atoms with E-state index in [4.69, 9.17) is 5.84 Å². The van der Waals surface area contributed by atoms with Gasteiger partial charge in [0.2, 0.25) is 0 Å². The molecule has 2 aliphatic carbocycles. The SMILES string of the molecule is NNC(CC1CC1)C1CCCc2sccc21. The van der Waals surface area contributed by atoms with Crippen molar-refractivity contribution in [1.29, 1.82) is 0 Å². The average molecular weight is 236 g/mol. The fourth-order valence-corrected chi connectivity index (χ4v) is 4.00. The minimum absolute atomic E-state index is 0.501. The van der Waals surface area contributed by atoms with Gasteiger partial charge >= 0.3 is 0 Å². The molecule has 0 saturated heterocycles. The lowest BCUT2D eigenvalue weighted by Gasteiger charge is -2.30. The van der Waals surface area contributed by atoms with Crippen molar-refractivity contribution in [2.45, 2.75) is 50.5 Å². The third kappa shape index (κ3) is 2.04. The van der Waals surface area contributed by atoms with Crippen LogP contribution in [0.15, 0.2) is 11.4 Å². The number of hydrogen-bond donors (Lipinski definition) is 2. The van der Waals surface area contributed by atoms with Gasteiger partial charge in [-0.05, 0) is 48.6 Å². The summed E-state index contributed by atoms with van der Waals surface area (Å²) in [5.74, 6) is 7.38. The van der Waals surface area contributed by atoms with Crippen LogP contribution in [0.5, 0.6) is 0 Å². The van der Waals surface area contributed by atoms with Crippen molar-refractivity contribution in [3.05, 3.63) is 21.9 Å². The minimum Gasteiger partial charge on any atom is -0.271 e. The number of hydrazine groups is 1. The zero-order chi connectivity index (χ0) is 11.0. The molecule has 0 aliphatic heterocycles. The molecular weight excluding hydrogens is 216 g/mol. The van der Waals surface area contributed by atoms with Crippen LogP contribution in [-0.2, 0) is 6.42 Å². The number of nitrogens with two attached hydrogens (primary N) is 1. The Kier molecular flexibility index (Phi) is 3.01. The second-order valence-electron chi connectivity index (χ2n) is 5.25. The lowest BCUT2D eigenvalue weighted by Crippen LogP contribution is -2.41. The maximum Gasteiger partial charge on any atom is 0.0282 e. The Labute approximate surface area is 101 Å². The molecule has 0 bridgehead atoms. The van der Waals surface area contributed by atoms with Crippen LogP contribution in [-0.4, -0.2) is 6.04 Å². The molecule has 3 N–H and O–H groups in total. The highest BCUT2D eigenvalue weighted by Crippen LogP contribution is 2.41. The van der Waals surface area contributed by atoms with Gasteiger partial charge in [-0.1, -0.05) is 12.8 Å². The van der Waals surface area contributed by atoms with Crippen molar-refractivity contribution >= 4 is 11.3 Å². The monoisotopic (exact) mass is 236 g/mol. The van der Waals surface area contributed by atoms with Crippen molar-refractivity contribution in [3.63, 3.8) is 0 Å². The van der Waals surface area contributed by atoms with Gasteiger partial charge in [-0.25, -0.2) is 0 Å². The molecule has 1 fully saturated rings. The van der Waals surface area contributed by atoms with Crippen molar-refractivity contribution in [3.8, 4) is 0 Å². The molecule has 0 spiro atoms. The first kappa shape index (κ1) is 10.8. The number of fused-ring (bicyclic) bond motifs is 1. The number of nitrogens with one attached hydrogen (secondary N) is 1. The quantitative estimate of drug-likeness (QED) is 0.623. The van der Waals surface area contributed by atoms with Crippen LogP contribution in [0.2, 0.25) is 0 Å². The van der Waals surface area contributed by atoms with E-state index in [1.54, 1.807) is 10.4 Å². The lowest BCUT2D eigenvalue weighted by atomic mass is 9.81. The largest absolute Gasteiger partial charge is 0.271 e. The number of hydrogen-bond acceptors (Lipinski definition) is 3. The summed E-state index contributed by atoms with van der Waals surface area (Å²) >= 11 is 1.92. The average Bonchev–Trinajstić information content (AvgIpc) is 3.00. The van der Waals surface area contributed by atoms with Crippen LogP contribution >= 0.6 is 11.3 Å². The predicted molar refractivity (Wildman–Crippen MR) is 68.5 cm³/mol. The van der Waals surface area contributed by atoms with Gasteiger partial charge in [0.25, 0.3) is 0 Å². The molecule has 2 atom stereocenters. The molecule has 16 heavy (non-hydrogen) atoms. The van der Waals surface area contributed by atoms with Crippen LogP contribution in [0.4, 0.5) is 0 Å². The molecule has 1 saturated carbocycles. The van der Waals surface area contributed by atoms with Gasteiger partial charge in [0.1, 0.15) is 0 Å². The van der Waals surface area contributed by atoms with Crippen molar-refractivity contribution < 1.29 is 0 Å².